The van der Waals surface area contributed by atoms with E-state index in [0.29, 0.717) is 13.0 Å². The molecule has 0 bridgehead atoms. The van der Waals surface area contributed by atoms with Gasteiger partial charge in [0.25, 0.3) is 0 Å². The summed E-state index contributed by atoms with van der Waals surface area (Å²) in [6.45, 7) is 3.55. The van der Waals surface area contributed by atoms with Crippen LogP contribution < -0.4 is 0 Å². The lowest BCUT2D eigenvalue weighted by molar-refractivity contribution is -0.332. The molecule has 0 aromatic heterocycles. The minimum absolute atomic E-state index is 0.0430. The van der Waals surface area contributed by atoms with Crippen LogP contribution >= 0.6 is 0 Å². The van der Waals surface area contributed by atoms with Gasteiger partial charge in [-0.15, -0.1) is 0 Å². The molecule has 0 aromatic carbocycles. The Morgan fingerprint density at radius 3 is 1.25 bits per heavy atom. The molecule has 0 aliphatic carbocycles. The number of rotatable bonds is 52. The average Bonchev–Trinajstić information content (AvgIpc) is 3.52. The van der Waals surface area contributed by atoms with E-state index in [-0.39, 0.29) is 19.6 Å². The number of hydrogen-bond donors (Lipinski definition) is 7. The Bertz CT molecular complexity index is 1600. The van der Waals surface area contributed by atoms with E-state index in [4.69, 9.17) is 28.4 Å². The van der Waals surface area contributed by atoms with Gasteiger partial charge in [0.15, 0.2) is 12.6 Å². The number of carbonyl (C=O) groups is 1. The average molecular weight is 1130 g/mol. The van der Waals surface area contributed by atoms with Gasteiger partial charge in [-0.3, -0.25) is 4.79 Å². The number of hydrogen-bond acceptors (Lipinski definition) is 14. The van der Waals surface area contributed by atoms with Crippen molar-refractivity contribution in [2.75, 3.05) is 33.0 Å². The van der Waals surface area contributed by atoms with E-state index in [9.17, 15) is 40.5 Å². The van der Waals surface area contributed by atoms with E-state index in [1.54, 1.807) is 0 Å². The third-order valence-electron chi connectivity index (χ3n) is 15.0. The van der Waals surface area contributed by atoms with Crippen LogP contribution in [0.15, 0.2) is 72.9 Å². The highest BCUT2D eigenvalue weighted by Gasteiger charge is 2.47. The number of aliphatic hydroxyl groups is 7. The van der Waals surface area contributed by atoms with Crippen molar-refractivity contribution in [1.82, 2.24) is 0 Å². The van der Waals surface area contributed by atoms with E-state index >= 15 is 0 Å². The zero-order valence-electron chi connectivity index (χ0n) is 50.1. The smallest absolute Gasteiger partial charge is 0.306 e. The van der Waals surface area contributed by atoms with Crippen LogP contribution in [0.25, 0.3) is 0 Å². The fourth-order valence-corrected chi connectivity index (χ4v) is 9.88. The first kappa shape index (κ1) is 73.5. The van der Waals surface area contributed by atoms with Crippen molar-refractivity contribution in [3.05, 3.63) is 72.9 Å². The van der Waals surface area contributed by atoms with Crippen molar-refractivity contribution in [2.24, 2.45) is 0 Å². The molecule has 0 radical (unpaired) electrons. The number of carbonyl (C=O) groups excluding carboxylic acids is 1. The van der Waals surface area contributed by atoms with Crippen LogP contribution in [0, 0.1) is 0 Å². The Morgan fingerprint density at radius 2 is 0.812 bits per heavy atom. The van der Waals surface area contributed by atoms with Gasteiger partial charge >= 0.3 is 5.97 Å². The van der Waals surface area contributed by atoms with Crippen molar-refractivity contribution in [3.8, 4) is 0 Å². The van der Waals surface area contributed by atoms with E-state index in [1.807, 2.05) is 0 Å². The standard InChI is InChI=1S/C66H116O14/c1-3-5-7-9-11-13-15-17-19-21-23-25-26-27-28-30-32-34-36-38-40-42-44-46-48-50-75-52-55(53-76-65-64(74)62(72)60(70)57(80-65)54-77-66-63(73)61(71)59(69)56(51-67)79-66)78-58(68)49-47-45-43-41-39-37-35-33-31-29-24-22-20-18-16-14-12-10-8-6-4-2/h6,8,12,14,18,20,24,29,33,35,39,41,55-57,59-67,69-74H,3-5,7,9-11,13,15-17,19,21-23,25-28,30-32,34,36-38,40,42-54H2,1-2H3/b8-6-,14-12-,20-18-,29-24-,35-33-,41-39-. The predicted molar refractivity (Wildman–Crippen MR) is 321 cm³/mol. The lowest BCUT2D eigenvalue weighted by Gasteiger charge is -2.42. The zero-order valence-corrected chi connectivity index (χ0v) is 50.1. The topological polar surface area (TPSA) is 214 Å². The number of unbranched alkanes of at least 4 members (excludes halogenated alkanes) is 26. The molecule has 0 saturated carbocycles. The first-order valence-electron chi connectivity index (χ1n) is 32.0. The van der Waals surface area contributed by atoms with Crippen molar-refractivity contribution in [3.63, 3.8) is 0 Å². The monoisotopic (exact) mass is 1130 g/mol. The molecule has 11 atom stereocenters. The molecule has 80 heavy (non-hydrogen) atoms. The van der Waals surface area contributed by atoms with E-state index in [0.717, 1.165) is 70.6 Å². The van der Waals surface area contributed by atoms with Crippen LogP contribution in [0.1, 0.15) is 239 Å². The fourth-order valence-electron chi connectivity index (χ4n) is 9.88. The highest BCUT2D eigenvalue weighted by molar-refractivity contribution is 5.69. The lowest BCUT2D eigenvalue weighted by Crippen LogP contribution is -2.61. The normalized spacial score (nSPS) is 24.3. The molecule has 464 valence electrons. The molecule has 2 aliphatic heterocycles. The Labute approximate surface area is 485 Å². The Hall–Kier alpha value is -2.57. The second-order valence-electron chi connectivity index (χ2n) is 22.2. The summed E-state index contributed by atoms with van der Waals surface area (Å²) in [5, 5.41) is 72.5. The van der Waals surface area contributed by atoms with Crippen LogP contribution in [0.5, 0.6) is 0 Å². The van der Waals surface area contributed by atoms with Crippen LogP contribution in [0.3, 0.4) is 0 Å². The summed E-state index contributed by atoms with van der Waals surface area (Å²) in [6.07, 6.45) is 51.2. The van der Waals surface area contributed by atoms with Gasteiger partial charge in [0.2, 0.25) is 0 Å². The second-order valence-corrected chi connectivity index (χ2v) is 22.2. The number of allylic oxidation sites excluding steroid dienone is 12. The molecule has 7 N–H and O–H groups in total. The number of ether oxygens (including phenoxy) is 6. The summed E-state index contributed by atoms with van der Waals surface area (Å²) >= 11 is 0. The van der Waals surface area contributed by atoms with Gasteiger partial charge in [-0.05, 0) is 64.2 Å². The molecule has 0 spiro atoms. The SMILES string of the molecule is CC/C=C\C/C=C\C/C=C\C/C=C\C/C=C\C/C=C\CCCCC(=O)OC(COCCCCCCCCCCCCCCCCCCCCCCCCCCC)COC1OC(COC2OC(CO)C(O)C(O)C2O)C(O)C(O)C1O. The van der Waals surface area contributed by atoms with Crippen molar-refractivity contribution >= 4 is 5.97 Å². The highest BCUT2D eigenvalue weighted by Crippen LogP contribution is 2.27. The molecule has 2 rings (SSSR count). The predicted octanol–water partition coefficient (Wildman–Crippen LogP) is 12.6. The van der Waals surface area contributed by atoms with Gasteiger partial charge < -0.3 is 64.2 Å². The van der Waals surface area contributed by atoms with Crippen LogP contribution in [-0.2, 0) is 33.2 Å². The van der Waals surface area contributed by atoms with E-state index in [2.05, 4.69) is 86.8 Å². The summed E-state index contributed by atoms with van der Waals surface area (Å²) in [6, 6.07) is 0. The first-order chi connectivity index (χ1) is 39.1. The molecule has 11 unspecified atom stereocenters. The molecule has 0 aromatic rings. The molecule has 2 fully saturated rings. The van der Waals surface area contributed by atoms with Gasteiger partial charge in [0, 0.05) is 13.0 Å². The molecular weight excluding hydrogens is 1020 g/mol. The van der Waals surface area contributed by atoms with Crippen molar-refractivity contribution < 1.29 is 69.0 Å². The molecule has 2 saturated heterocycles. The first-order valence-corrected chi connectivity index (χ1v) is 32.0. The quantitative estimate of drug-likeness (QED) is 0.0172. The zero-order chi connectivity index (χ0) is 57.9. The molecule has 0 amide bonds. The molecule has 14 heteroatoms. The molecule has 2 aliphatic rings. The summed E-state index contributed by atoms with van der Waals surface area (Å²) in [5.74, 6) is -0.415. The number of esters is 1. The third-order valence-corrected chi connectivity index (χ3v) is 15.0. The number of aliphatic hydroxyl groups excluding tert-OH is 7. The van der Waals surface area contributed by atoms with Crippen LogP contribution in [0.4, 0.5) is 0 Å². The van der Waals surface area contributed by atoms with Gasteiger partial charge in [-0.1, -0.05) is 241 Å². The van der Waals surface area contributed by atoms with E-state index < -0.39 is 86.7 Å². The van der Waals surface area contributed by atoms with Crippen LogP contribution in [-0.4, -0.2) is 142 Å². The maximum atomic E-state index is 13.1. The Kier molecular flexibility index (Phi) is 47.8. The Balaban J connectivity index is 1.69. The second kappa shape index (κ2) is 52.0. The lowest BCUT2D eigenvalue weighted by atomic mass is 9.98. The highest BCUT2D eigenvalue weighted by atomic mass is 16.7. The summed E-state index contributed by atoms with van der Waals surface area (Å²) in [7, 11) is 0. The maximum Gasteiger partial charge on any atom is 0.306 e. The Morgan fingerprint density at radius 1 is 0.425 bits per heavy atom. The third kappa shape index (κ3) is 37.6. The molecule has 2 heterocycles. The summed E-state index contributed by atoms with van der Waals surface area (Å²) in [4.78, 5) is 13.1. The maximum absolute atomic E-state index is 13.1. The minimum atomic E-state index is -1.72. The van der Waals surface area contributed by atoms with Gasteiger partial charge in [0.1, 0.15) is 54.9 Å². The van der Waals surface area contributed by atoms with Crippen molar-refractivity contribution in [2.45, 2.75) is 306 Å². The minimum Gasteiger partial charge on any atom is -0.457 e. The van der Waals surface area contributed by atoms with E-state index in [1.165, 1.54) is 141 Å². The fraction of sp³-hybridized carbons (Fsp3) is 0.803. The van der Waals surface area contributed by atoms with Gasteiger partial charge in [-0.2, -0.15) is 0 Å². The van der Waals surface area contributed by atoms with Gasteiger partial charge in [0.05, 0.1) is 26.4 Å². The van der Waals surface area contributed by atoms with Crippen LogP contribution in [0.2, 0.25) is 0 Å². The summed E-state index contributed by atoms with van der Waals surface area (Å²) in [5.41, 5.74) is 0. The summed E-state index contributed by atoms with van der Waals surface area (Å²) < 4.78 is 34.4. The molecule has 14 nitrogen and oxygen atoms in total. The van der Waals surface area contributed by atoms with Crippen molar-refractivity contribution in [1.29, 1.82) is 0 Å². The molecular formula is C66H116O14. The van der Waals surface area contributed by atoms with Gasteiger partial charge in [-0.25, -0.2) is 0 Å². The largest absolute Gasteiger partial charge is 0.457 e.